The second-order valence-electron chi connectivity index (χ2n) is 12.8. The average Bonchev–Trinajstić information content (AvgIpc) is 3.76. The first-order valence-corrected chi connectivity index (χ1v) is 15.7. The number of nitrogens with zero attached hydrogens (tertiary/aromatic N) is 5. The van der Waals surface area contributed by atoms with Crippen LogP contribution in [0.5, 0.6) is 5.75 Å². The van der Waals surface area contributed by atoms with Gasteiger partial charge in [-0.3, -0.25) is 14.4 Å². The number of anilines is 3. The molecule has 1 aliphatic rings. The molecule has 48 heavy (non-hydrogen) atoms. The molecular formula is C34H44ClN9O4. The summed E-state index contributed by atoms with van der Waals surface area (Å²) in [6, 6.07) is 9.56. The van der Waals surface area contributed by atoms with Gasteiger partial charge in [0.05, 0.1) is 30.7 Å². The number of likely N-dealkylation sites (N-methyl/N-ethyl adjacent to an activating group) is 1. The number of benzene rings is 2. The second-order valence-corrected chi connectivity index (χ2v) is 12.8. The molecule has 3 atom stereocenters. The van der Waals surface area contributed by atoms with Gasteiger partial charge in [-0.05, 0) is 56.0 Å². The van der Waals surface area contributed by atoms with Crippen LogP contribution in [0.4, 0.5) is 17.2 Å². The van der Waals surface area contributed by atoms with Crippen LogP contribution >= 0.6 is 12.4 Å². The number of nitrogens with one attached hydrogen (secondary N) is 4. The number of rotatable bonds is 11. The topological polar surface area (TPSA) is 155 Å². The zero-order valence-corrected chi connectivity index (χ0v) is 28.9. The number of aromatic nitrogens is 4. The maximum atomic E-state index is 13.9. The van der Waals surface area contributed by atoms with E-state index in [0.29, 0.717) is 54.1 Å². The van der Waals surface area contributed by atoms with E-state index in [-0.39, 0.29) is 30.1 Å². The van der Waals surface area contributed by atoms with Crippen LogP contribution in [0.25, 0.3) is 10.9 Å². The highest BCUT2D eigenvalue weighted by Gasteiger charge is 2.42. The first-order valence-electron chi connectivity index (χ1n) is 15.7. The van der Waals surface area contributed by atoms with E-state index in [1.54, 1.807) is 43.5 Å². The van der Waals surface area contributed by atoms with Gasteiger partial charge in [-0.2, -0.15) is 0 Å². The van der Waals surface area contributed by atoms with Gasteiger partial charge < -0.3 is 35.5 Å². The summed E-state index contributed by atoms with van der Waals surface area (Å²) >= 11 is 0. The monoisotopic (exact) mass is 677 g/mol. The Morgan fingerprint density at radius 2 is 1.85 bits per heavy atom. The highest BCUT2D eigenvalue weighted by atomic mass is 35.5. The van der Waals surface area contributed by atoms with Crippen LogP contribution < -0.4 is 26.0 Å². The van der Waals surface area contributed by atoms with E-state index in [0.717, 1.165) is 11.3 Å². The van der Waals surface area contributed by atoms with Crippen LogP contribution in [0.15, 0.2) is 61.4 Å². The van der Waals surface area contributed by atoms with Gasteiger partial charge in [0.25, 0.3) is 0 Å². The van der Waals surface area contributed by atoms with Crippen molar-refractivity contribution in [2.45, 2.75) is 65.2 Å². The van der Waals surface area contributed by atoms with Crippen molar-refractivity contribution in [2.24, 2.45) is 5.41 Å². The number of likely N-dealkylation sites (tertiary alicyclic amines) is 1. The van der Waals surface area contributed by atoms with Gasteiger partial charge in [0.1, 0.15) is 30.0 Å². The molecule has 14 heteroatoms. The predicted octanol–water partition coefficient (Wildman–Crippen LogP) is 4.12. The van der Waals surface area contributed by atoms with Crippen LogP contribution in [0.2, 0.25) is 0 Å². The van der Waals surface area contributed by atoms with Crippen molar-refractivity contribution in [1.29, 1.82) is 0 Å². The van der Waals surface area contributed by atoms with Crippen molar-refractivity contribution in [3.8, 4) is 5.75 Å². The summed E-state index contributed by atoms with van der Waals surface area (Å²) in [5, 5.41) is 12.9. The molecule has 1 saturated heterocycles. The number of hydrogen-bond acceptors (Lipinski definition) is 9. The zero-order valence-electron chi connectivity index (χ0n) is 28.1. The Balaban J connectivity index is 0.00000520. The lowest BCUT2D eigenvalue weighted by molar-refractivity contribution is -0.143. The number of ether oxygens (including phenoxy) is 1. The third-order valence-electron chi connectivity index (χ3n) is 8.42. The Kier molecular flexibility index (Phi) is 11.6. The fraction of sp³-hybridized carbons (Fsp3) is 0.412. The Labute approximate surface area is 286 Å². The molecule has 0 radical (unpaired) electrons. The quantitative estimate of drug-likeness (QED) is 0.184. The maximum Gasteiger partial charge on any atom is 0.247 e. The van der Waals surface area contributed by atoms with E-state index >= 15 is 0 Å². The minimum Gasteiger partial charge on any atom is -0.494 e. The van der Waals surface area contributed by atoms with E-state index in [2.05, 4.69) is 36.2 Å². The number of carbonyl (C=O) groups excluding carboxylic acids is 3. The fourth-order valence-electron chi connectivity index (χ4n) is 5.60. The van der Waals surface area contributed by atoms with Crippen LogP contribution in [-0.2, 0) is 20.9 Å². The first-order chi connectivity index (χ1) is 22.5. The van der Waals surface area contributed by atoms with Gasteiger partial charge in [0.15, 0.2) is 0 Å². The molecular weight excluding hydrogens is 634 g/mol. The standard InChI is InChI=1S/C34H43N9O4.ClH/c1-21(35-5)31(44)41-29(34(2,3)4)33(46)43-14-7-8-27(43)32(45)40-26-16-24-25(17-28(26)47-6)37-19-38-30(24)39-23-11-9-22(10-12-23)18-42-15-13-36-20-42;/h9-13,15-17,19-21,27,29,35H,7-8,14,18H2,1-6H3,(H,40,45)(H,41,44)(H,37,38,39);1H/t21-,27-,29+;/m0./s1. The number of fused-ring (bicyclic) bond motifs is 1. The lowest BCUT2D eigenvalue weighted by atomic mass is 9.85. The molecule has 13 nitrogen and oxygen atoms in total. The maximum absolute atomic E-state index is 13.9. The summed E-state index contributed by atoms with van der Waals surface area (Å²) in [5.74, 6) is 0.0897. The summed E-state index contributed by atoms with van der Waals surface area (Å²) < 4.78 is 7.63. The molecule has 1 aliphatic heterocycles. The number of carbonyl (C=O) groups is 3. The van der Waals surface area contributed by atoms with E-state index < -0.39 is 23.5 Å². The van der Waals surface area contributed by atoms with Gasteiger partial charge in [-0.15, -0.1) is 12.4 Å². The van der Waals surface area contributed by atoms with Crippen LogP contribution in [0.1, 0.15) is 46.1 Å². The average molecular weight is 678 g/mol. The molecule has 3 amide bonds. The molecule has 1 fully saturated rings. The molecule has 0 unspecified atom stereocenters. The normalized spacial score (nSPS) is 15.7. The van der Waals surface area contributed by atoms with Crippen molar-refractivity contribution in [2.75, 3.05) is 31.3 Å². The number of hydrogen-bond donors (Lipinski definition) is 4. The summed E-state index contributed by atoms with van der Waals surface area (Å²) in [6.45, 7) is 8.55. The predicted molar refractivity (Wildman–Crippen MR) is 188 cm³/mol. The van der Waals surface area contributed by atoms with Crippen molar-refractivity contribution < 1.29 is 19.1 Å². The Bertz CT molecular complexity index is 1730. The summed E-state index contributed by atoms with van der Waals surface area (Å²) in [7, 11) is 3.21. The van der Waals surface area contributed by atoms with Gasteiger partial charge in [0.2, 0.25) is 17.7 Å². The number of halogens is 1. The molecule has 4 N–H and O–H groups in total. The van der Waals surface area contributed by atoms with E-state index in [9.17, 15) is 14.4 Å². The molecule has 4 aromatic rings. The van der Waals surface area contributed by atoms with E-state index in [4.69, 9.17) is 4.74 Å². The van der Waals surface area contributed by atoms with Gasteiger partial charge in [0, 0.05) is 42.6 Å². The molecule has 2 aromatic carbocycles. The molecule has 0 spiro atoms. The zero-order chi connectivity index (χ0) is 33.7. The lowest BCUT2D eigenvalue weighted by Crippen LogP contribution is -2.59. The number of methoxy groups -OCH3 is 1. The van der Waals surface area contributed by atoms with Gasteiger partial charge in [-0.1, -0.05) is 32.9 Å². The SMILES string of the molecule is CN[C@@H](C)C(=O)N[C@H](C(=O)N1CCC[C@H]1C(=O)Nc1cc2c(Nc3ccc(Cn4ccnc4)cc3)ncnc2cc1OC)C(C)(C)C.Cl. The summed E-state index contributed by atoms with van der Waals surface area (Å²) in [4.78, 5) is 55.0. The summed E-state index contributed by atoms with van der Waals surface area (Å²) in [6.07, 6.45) is 8.08. The van der Waals surface area contributed by atoms with Gasteiger partial charge in [-0.25, -0.2) is 15.0 Å². The fourth-order valence-corrected chi connectivity index (χ4v) is 5.60. The van der Waals surface area contributed by atoms with Crippen molar-refractivity contribution in [3.63, 3.8) is 0 Å². The van der Waals surface area contributed by atoms with Gasteiger partial charge >= 0.3 is 0 Å². The number of imidazole rings is 1. The molecule has 5 rings (SSSR count). The third kappa shape index (κ3) is 8.20. The van der Waals surface area contributed by atoms with Crippen LogP contribution in [0.3, 0.4) is 0 Å². The second kappa shape index (κ2) is 15.4. The number of amides is 3. The van der Waals surface area contributed by atoms with Crippen molar-refractivity contribution in [3.05, 3.63) is 67.0 Å². The smallest absolute Gasteiger partial charge is 0.247 e. The van der Waals surface area contributed by atoms with E-state index in [1.807, 2.05) is 55.8 Å². The first kappa shape index (κ1) is 36.1. The molecule has 0 bridgehead atoms. The molecule has 0 saturated carbocycles. The molecule has 2 aromatic heterocycles. The highest BCUT2D eigenvalue weighted by Crippen LogP contribution is 2.34. The minimum atomic E-state index is -0.805. The Morgan fingerprint density at radius 1 is 1.10 bits per heavy atom. The highest BCUT2D eigenvalue weighted by molar-refractivity contribution is 6.03. The Hall–Kier alpha value is -4.75. The van der Waals surface area contributed by atoms with Crippen molar-refractivity contribution in [1.82, 2.24) is 35.1 Å². The molecule has 3 heterocycles. The Morgan fingerprint density at radius 3 is 2.50 bits per heavy atom. The lowest BCUT2D eigenvalue weighted by Gasteiger charge is -2.36. The summed E-state index contributed by atoms with van der Waals surface area (Å²) in [5.41, 5.74) is 2.45. The van der Waals surface area contributed by atoms with Crippen LogP contribution in [0, 0.1) is 5.41 Å². The van der Waals surface area contributed by atoms with E-state index in [1.165, 1.54) is 13.4 Å². The molecule has 0 aliphatic carbocycles. The van der Waals surface area contributed by atoms with Crippen molar-refractivity contribution >= 4 is 58.2 Å². The minimum absolute atomic E-state index is 0. The third-order valence-corrected chi connectivity index (χ3v) is 8.42. The molecule has 256 valence electrons. The van der Waals surface area contributed by atoms with Crippen LogP contribution in [-0.4, -0.2) is 81.0 Å². The largest absolute Gasteiger partial charge is 0.494 e.